The van der Waals surface area contributed by atoms with Crippen LogP contribution in [0.4, 0.5) is 14.6 Å². The summed E-state index contributed by atoms with van der Waals surface area (Å²) in [5, 5.41) is 23.0. The van der Waals surface area contributed by atoms with Gasteiger partial charge in [-0.05, 0) is 19.9 Å². The van der Waals surface area contributed by atoms with Gasteiger partial charge in [0.1, 0.15) is 24.6 Å². The molecule has 12 heteroatoms. The van der Waals surface area contributed by atoms with Gasteiger partial charge in [0, 0.05) is 6.08 Å². The van der Waals surface area contributed by atoms with Gasteiger partial charge in [0.15, 0.2) is 23.2 Å². The molecule has 0 saturated carbocycles. The van der Waals surface area contributed by atoms with E-state index in [1.54, 1.807) is 0 Å². The SMILES string of the molecule is CC(C)OC[C@@H]1O[C@@H](n2cnc3c(NC(=O)/C=C/C(F)F)ncnc32)[C@H](O)[C@@H]1O. The summed E-state index contributed by atoms with van der Waals surface area (Å²) in [6.45, 7) is 3.76. The zero-order chi connectivity index (χ0) is 21.1. The number of carbonyl (C=O) groups excluding carboxylic acids is 1. The maximum atomic E-state index is 12.2. The van der Waals surface area contributed by atoms with Gasteiger partial charge in [-0.3, -0.25) is 9.36 Å². The number of aliphatic hydroxyl groups excluding tert-OH is 2. The fraction of sp³-hybridized carbons (Fsp3) is 0.529. The number of halogens is 2. The normalized spacial score (nSPS) is 25.0. The lowest BCUT2D eigenvalue weighted by Gasteiger charge is -2.17. The van der Waals surface area contributed by atoms with Gasteiger partial charge in [-0.25, -0.2) is 23.7 Å². The number of hydrogen-bond acceptors (Lipinski definition) is 8. The number of aliphatic hydroxyl groups is 2. The number of fused-ring (bicyclic) bond motifs is 1. The Morgan fingerprint density at radius 2 is 2.10 bits per heavy atom. The molecule has 1 fully saturated rings. The van der Waals surface area contributed by atoms with Crippen molar-refractivity contribution < 1.29 is 33.3 Å². The fourth-order valence-electron chi connectivity index (χ4n) is 2.83. The lowest BCUT2D eigenvalue weighted by molar-refractivity contribution is -0.112. The van der Waals surface area contributed by atoms with Crippen molar-refractivity contribution in [3.8, 4) is 0 Å². The highest BCUT2D eigenvalue weighted by Crippen LogP contribution is 2.32. The van der Waals surface area contributed by atoms with E-state index < -0.39 is 36.9 Å². The quantitative estimate of drug-likeness (QED) is 0.563. The van der Waals surface area contributed by atoms with Crippen molar-refractivity contribution in [2.45, 2.75) is 50.9 Å². The lowest BCUT2D eigenvalue weighted by atomic mass is 10.1. The van der Waals surface area contributed by atoms with Crippen LogP contribution in [0.25, 0.3) is 11.2 Å². The Bertz CT molecular complexity index is 890. The summed E-state index contributed by atoms with van der Waals surface area (Å²) in [6, 6.07) is 0. The van der Waals surface area contributed by atoms with Crippen molar-refractivity contribution in [3.05, 3.63) is 24.8 Å². The average molecular weight is 413 g/mol. The minimum Gasteiger partial charge on any atom is -0.387 e. The molecule has 1 amide bonds. The Kier molecular flexibility index (Phi) is 6.47. The number of rotatable bonds is 7. The van der Waals surface area contributed by atoms with Gasteiger partial charge in [0.25, 0.3) is 6.43 Å². The number of nitrogens with one attached hydrogen (secondary N) is 1. The number of aromatic nitrogens is 4. The maximum absolute atomic E-state index is 12.2. The van der Waals surface area contributed by atoms with Gasteiger partial charge >= 0.3 is 0 Å². The van der Waals surface area contributed by atoms with Gasteiger partial charge in [0.2, 0.25) is 5.91 Å². The molecule has 3 N–H and O–H groups in total. The highest BCUT2D eigenvalue weighted by Gasteiger charge is 2.44. The molecule has 3 heterocycles. The molecule has 158 valence electrons. The van der Waals surface area contributed by atoms with Crippen LogP contribution in [-0.4, -0.2) is 73.1 Å². The van der Waals surface area contributed by atoms with Gasteiger partial charge in [-0.2, -0.15) is 0 Å². The number of carbonyl (C=O) groups is 1. The van der Waals surface area contributed by atoms with Crippen LogP contribution in [0.3, 0.4) is 0 Å². The van der Waals surface area contributed by atoms with Crippen molar-refractivity contribution in [2.24, 2.45) is 0 Å². The second-order valence-corrected chi connectivity index (χ2v) is 6.66. The second kappa shape index (κ2) is 8.86. The summed E-state index contributed by atoms with van der Waals surface area (Å²) >= 11 is 0. The van der Waals surface area contributed by atoms with E-state index in [1.165, 1.54) is 10.9 Å². The first-order valence-corrected chi connectivity index (χ1v) is 8.86. The molecule has 0 unspecified atom stereocenters. The van der Waals surface area contributed by atoms with Crippen LogP contribution in [0.15, 0.2) is 24.8 Å². The summed E-state index contributed by atoms with van der Waals surface area (Å²) in [7, 11) is 0. The molecule has 1 aliphatic heterocycles. The first kappa shape index (κ1) is 21.2. The summed E-state index contributed by atoms with van der Waals surface area (Å²) in [4.78, 5) is 23.8. The van der Waals surface area contributed by atoms with E-state index in [4.69, 9.17) is 9.47 Å². The third kappa shape index (κ3) is 4.72. The first-order chi connectivity index (χ1) is 13.8. The molecule has 2 aromatic rings. The molecule has 29 heavy (non-hydrogen) atoms. The molecule has 0 aliphatic carbocycles. The summed E-state index contributed by atoms with van der Waals surface area (Å²) in [5.74, 6) is -0.802. The third-order valence-electron chi connectivity index (χ3n) is 4.20. The van der Waals surface area contributed by atoms with E-state index >= 15 is 0 Å². The monoisotopic (exact) mass is 413 g/mol. The molecule has 3 rings (SSSR count). The summed E-state index contributed by atoms with van der Waals surface area (Å²) in [6.07, 6.45) is -3.44. The second-order valence-electron chi connectivity index (χ2n) is 6.66. The molecule has 0 bridgehead atoms. The van der Waals surface area contributed by atoms with Gasteiger partial charge in [0.05, 0.1) is 19.0 Å². The highest BCUT2D eigenvalue weighted by molar-refractivity contribution is 6.02. The van der Waals surface area contributed by atoms with Gasteiger partial charge in [-0.15, -0.1) is 0 Å². The van der Waals surface area contributed by atoms with E-state index in [-0.39, 0.29) is 29.7 Å². The number of ether oxygens (including phenoxy) is 2. The molecule has 0 aromatic carbocycles. The number of alkyl halides is 2. The van der Waals surface area contributed by atoms with Gasteiger partial charge in [-0.1, -0.05) is 0 Å². The van der Waals surface area contributed by atoms with Crippen LogP contribution in [-0.2, 0) is 14.3 Å². The molecule has 1 aliphatic rings. The van der Waals surface area contributed by atoms with E-state index in [0.29, 0.717) is 12.2 Å². The molecular formula is C17H21F2N5O5. The van der Waals surface area contributed by atoms with Crippen LogP contribution in [0, 0.1) is 0 Å². The topological polar surface area (TPSA) is 132 Å². The number of nitrogens with zero attached hydrogens (tertiary/aromatic N) is 4. The van der Waals surface area contributed by atoms with E-state index in [1.807, 2.05) is 13.8 Å². The predicted molar refractivity (Wildman–Crippen MR) is 96.1 cm³/mol. The molecule has 4 atom stereocenters. The molecule has 0 radical (unpaired) electrons. The Morgan fingerprint density at radius 1 is 1.34 bits per heavy atom. The maximum Gasteiger partial charge on any atom is 0.257 e. The van der Waals surface area contributed by atoms with Crippen LogP contribution >= 0.6 is 0 Å². The fourth-order valence-corrected chi connectivity index (χ4v) is 2.83. The van der Waals surface area contributed by atoms with Crippen LogP contribution in [0.2, 0.25) is 0 Å². The number of hydrogen-bond donors (Lipinski definition) is 3. The van der Waals surface area contributed by atoms with Crippen molar-refractivity contribution in [1.82, 2.24) is 19.5 Å². The van der Waals surface area contributed by atoms with Crippen molar-refractivity contribution in [2.75, 3.05) is 11.9 Å². The largest absolute Gasteiger partial charge is 0.387 e. The summed E-state index contributed by atoms with van der Waals surface area (Å²) < 4.78 is 36.9. The van der Waals surface area contributed by atoms with Crippen LogP contribution in [0.5, 0.6) is 0 Å². The third-order valence-corrected chi connectivity index (χ3v) is 4.20. The Balaban J connectivity index is 1.82. The zero-order valence-electron chi connectivity index (χ0n) is 15.6. The minimum absolute atomic E-state index is 0.00499. The Morgan fingerprint density at radius 3 is 2.79 bits per heavy atom. The average Bonchev–Trinajstić information content (AvgIpc) is 3.21. The lowest BCUT2D eigenvalue weighted by Crippen LogP contribution is -2.34. The smallest absolute Gasteiger partial charge is 0.257 e. The highest BCUT2D eigenvalue weighted by atomic mass is 19.3. The Labute approximate surface area is 164 Å². The number of imidazole rings is 1. The summed E-state index contributed by atoms with van der Waals surface area (Å²) in [5.41, 5.74) is 0.383. The number of allylic oxidation sites excluding steroid dienone is 1. The van der Waals surface area contributed by atoms with Crippen LogP contribution in [0.1, 0.15) is 20.1 Å². The molecule has 0 spiro atoms. The molecule has 2 aromatic heterocycles. The van der Waals surface area contributed by atoms with E-state index in [0.717, 1.165) is 6.33 Å². The van der Waals surface area contributed by atoms with Gasteiger partial charge < -0.3 is 25.0 Å². The molecule has 1 saturated heterocycles. The molecular weight excluding hydrogens is 392 g/mol. The predicted octanol–water partition coefficient (Wildman–Crippen LogP) is 0.630. The first-order valence-electron chi connectivity index (χ1n) is 8.86. The minimum atomic E-state index is -2.76. The molecule has 10 nitrogen and oxygen atoms in total. The standard InChI is InChI=1S/C17H21F2N5O5/c1-8(2)28-5-9-13(26)14(27)17(29-9)24-7-22-12-15(20-6-21-16(12)24)23-11(25)4-3-10(18)19/h3-4,6-10,13-14,17,26-27H,5H2,1-2H3,(H,20,21,23,25)/b4-3+/t9-,13+,14+,17+/m0/s1. The van der Waals surface area contributed by atoms with E-state index in [2.05, 4.69) is 20.3 Å². The van der Waals surface area contributed by atoms with Crippen LogP contribution < -0.4 is 5.32 Å². The van der Waals surface area contributed by atoms with Crippen molar-refractivity contribution in [3.63, 3.8) is 0 Å². The Hall–Kier alpha value is -2.54. The van der Waals surface area contributed by atoms with Crippen molar-refractivity contribution >= 4 is 22.9 Å². The zero-order valence-corrected chi connectivity index (χ0v) is 15.6. The van der Waals surface area contributed by atoms with E-state index in [9.17, 15) is 23.8 Å². The van der Waals surface area contributed by atoms with Crippen molar-refractivity contribution in [1.29, 1.82) is 0 Å². The number of anilines is 1. The number of amides is 1.